The fraction of sp³-hybridized carbons (Fsp3) is 0.143. The summed E-state index contributed by atoms with van der Waals surface area (Å²) >= 11 is 17.8. The van der Waals surface area contributed by atoms with Crippen LogP contribution in [0.3, 0.4) is 0 Å². The van der Waals surface area contributed by atoms with Gasteiger partial charge in [0.05, 0.1) is 5.02 Å². The van der Waals surface area contributed by atoms with Gasteiger partial charge in [-0.3, -0.25) is 0 Å². The highest BCUT2D eigenvalue weighted by atomic mass is 35.5. The van der Waals surface area contributed by atoms with E-state index in [1.54, 1.807) is 30.3 Å². The second-order valence-electron chi connectivity index (χ2n) is 4.19. The quantitative estimate of drug-likeness (QED) is 0.844. The zero-order valence-corrected chi connectivity index (χ0v) is 12.1. The van der Waals surface area contributed by atoms with Gasteiger partial charge in [-0.15, -0.1) is 0 Å². The number of benzene rings is 2. The zero-order valence-electron chi connectivity index (χ0n) is 9.84. The molecule has 0 saturated heterocycles. The van der Waals surface area contributed by atoms with Crippen LogP contribution in [0.5, 0.6) is 0 Å². The Morgan fingerprint density at radius 3 is 2.53 bits per heavy atom. The normalized spacial score (nSPS) is 12.5. The summed E-state index contributed by atoms with van der Waals surface area (Å²) in [5, 5.41) is 1.14. The Kier molecular flexibility index (Phi) is 4.69. The molecule has 2 aromatic carbocycles. The van der Waals surface area contributed by atoms with Gasteiger partial charge in [0.15, 0.2) is 0 Å². The summed E-state index contributed by atoms with van der Waals surface area (Å²) in [5.41, 5.74) is 7.50. The smallest absolute Gasteiger partial charge is 0.142 e. The maximum absolute atomic E-state index is 13.3. The Morgan fingerprint density at radius 1 is 1.11 bits per heavy atom. The van der Waals surface area contributed by atoms with Crippen molar-refractivity contribution in [2.24, 2.45) is 5.73 Å². The first-order chi connectivity index (χ1) is 8.99. The molecule has 1 unspecified atom stereocenters. The number of hydrogen-bond donors (Lipinski definition) is 1. The highest BCUT2D eigenvalue weighted by Gasteiger charge is 2.14. The van der Waals surface area contributed by atoms with Crippen LogP contribution in [0.2, 0.25) is 15.1 Å². The predicted molar refractivity (Wildman–Crippen MR) is 78.5 cm³/mol. The summed E-state index contributed by atoms with van der Waals surface area (Å²) in [6.07, 6.45) is 0.401. The van der Waals surface area contributed by atoms with Crippen molar-refractivity contribution < 1.29 is 4.39 Å². The molecule has 1 nitrogen and oxygen atoms in total. The number of halogens is 4. The molecular formula is C14H11Cl3FN. The Bertz CT molecular complexity index is 601. The van der Waals surface area contributed by atoms with E-state index in [2.05, 4.69) is 0 Å². The number of hydrogen-bond acceptors (Lipinski definition) is 1. The first kappa shape index (κ1) is 14.6. The molecule has 19 heavy (non-hydrogen) atoms. The van der Waals surface area contributed by atoms with Crippen LogP contribution in [0.1, 0.15) is 17.2 Å². The first-order valence-electron chi connectivity index (χ1n) is 5.62. The minimum absolute atomic E-state index is 0.100. The summed E-state index contributed by atoms with van der Waals surface area (Å²) in [5.74, 6) is -0.450. The van der Waals surface area contributed by atoms with Gasteiger partial charge in [-0.1, -0.05) is 53.0 Å². The van der Waals surface area contributed by atoms with Crippen LogP contribution in [0, 0.1) is 5.82 Å². The molecule has 0 heterocycles. The lowest BCUT2D eigenvalue weighted by atomic mass is 9.99. The molecule has 0 aliphatic heterocycles. The summed E-state index contributed by atoms with van der Waals surface area (Å²) in [7, 11) is 0. The highest BCUT2D eigenvalue weighted by Crippen LogP contribution is 2.29. The maximum atomic E-state index is 13.3. The molecule has 2 aromatic rings. The number of nitrogens with two attached hydrogens (primary N) is 1. The van der Waals surface area contributed by atoms with E-state index in [0.717, 1.165) is 5.56 Å². The molecule has 0 aromatic heterocycles. The number of rotatable bonds is 3. The topological polar surface area (TPSA) is 26.0 Å². The maximum Gasteiger partial charge on any atom is 0.142 e. The molecule has 0 fully saturated rings. The molecule has 0 saturated carbocycles. The second-order valence-corrected chi connectivity index (χ2v) is 5.41. The van der Waals surface area contributed by atoms with Crippen molar-refractivity contribution in [1.82, 2.24) is 0 Å². The van der Waals surface area contributed by atoms with Crippen LogP contribution >= 0.6 is 34.8 Å². The van der Waals surface area contributed by atoms with Gasteiger partial charge in [0.1, 0.15) is 5.82 Å². The molecule has 100 valence electrons. The van der Waals surface area contributed by atoms with E-state index >= 15 is 0 Å². The molecule has 5 heteroatoms. The van der Waals surface area contributed by atoms with Crippen molar-refractivity contribution in [3.8, 4) is 0 Å². The van der Waals surface area contributed by atoms with E-state index in [-0.39, 0.29) is 11.1 Å². The van der Waals surface area contributed by atoms with Crippen molar-refractivity contribution in [3.05, 3.63) is 68.4 Å². The minimum Gasteiger partial charge on any atom is -0.324 e. The van der Waals surface area contributed by atoms with Gasteiger partial charge >= 0.3 is 0 Å². The average molecular weight is 319 g/mol. The van der Waals surface area contributed by atoms with Crippen LogP contribution in [-0.4, -0.2) is 0 Å². The fourth-order valence-corrected chi connectivity index (χ4v) is 2.61. The molecule has 1 atom stereocenters. The van der Waals surface area contributed by atoms with Gasteiger partial charge in [-0.25, -0.2) is 4.39 Å². The highest BCUT2D eigenvalue weighted by molar-refractivity contribution is 6.35. The Hall–Kier alpha value is -0.800. The van der Waals surface area contributed by atoms with E-state index in [1.807, 2.05) is 0 Å². The van der Waals surface area contributed by atoms with E-state index in [1.165, 1.54) is 6.07 Å². The van der Waals surface area contributed by atoms with Crippen LogP contribution in [0.4, 0.5) is 4.39 Å². The van der Waals surface area contributed by atoms with Crippen molar-refractivity contribution in [3.63, 3.8) is 0 Å². The predicted octanol–water partition coefficient (Wildman–Crippen LogP) is 5.03. The standard InChI is InChI=1S/C14H11Cl3FN/c15-9-4-5-10(11(16)7-9)13(19)6-8-2-1-3-12(18)14(8)17/h1-5,7,13H,6,19H2. The average Bonchev–Trinajstić information content (AvgIpc) is 2.34. The van der Waals surface area contributed by atoms with E-state index in [4.69, 9.17) is 40.5 Å². The lowest BCUT2D eigenvalue weighted by molar-refractivity contribution is 0.622. The molecule has 0 spiro atoms. The van der Waals surface area contributed by atoms with Gasteiger partial charge < -0.3 is 5.73 Å². The monoisotopic (exact) mass is 317 g/mol. The van der Waals surface area contributed by atoms with Crippen molar-refractivity contribution in [2.75, 3.05) is 0 Å². The van der Waals surface area contributed by atoms with Gasteiger partial charge in [-0.2, -0.15) is 0 Å². The third kappa shape index (κ3) is 3.40. The molecule has 0 radical (unpaired) electrons. The zero-order chi connectivity index (χ0) is 14.0. The van der Waals surface area contributed by atoms with Crippen LogP contribution in [-0.2, 0) is 6.42 Å². The van der Waals surface area contributed by atoms with Crippen molar-refractivity contribution >= 4 is 34.8 Å². The van der Waals surface area contributed by atoms with Crippen LogP contribution < -0.4 is 5.73 Å². The van der Waals surface area contributed by atoms with Gasteiger partial charge in [0.25, 0.3) is 0 Å². The lowest BCUT2D eigenvalue weighted by Gasteiger charge is -2.15. The van der Waals surface area contributed by atoms with E-state index in [0.29, 0.717) is 22.0 Å². The third-order valence-electron chi connectivity index (χ3n) is 2.83. The van der Waals surface area contributed by atoms with Crippen LogP contribution in [0.25, 0.3) is 0 Å². The Labute approximate surface area is 126 Å². The van der Waals surface area contributed by atoms with Crippen molar-refractivity contribution in [1.29, 1.82) is 0 Å². The lowest BCUT2D eigenvalue weighted by Crippen LogP contribution is -2.14. The minimum atomic E-state index is -0.450. The van der Waals surface area contributed by atoms with Crippen molar-refractivity contribution in [2.45, 2.75) is 12.5 Å². The molecular weight excluding hydrogens is 308 g/mol. The molecule has 0 amide bonds. The second kappa shape index (κ2) is 6.10. The summed E-state index contributed by atoms with van der Waals surface area (Å²) in [6, 6.07) is 9.40. The van der Waals surface area contributed by atoms with E-state index < -0.39 is 5.82 Å². The molecule has 0 aliphatic carbocycles. The third-order valence-corrected chi connectivity index (χ3v) is 3.82. The SMILES string of the molecule is NC(Cc1cccc(F)c1Cl)c1ccc(Cl)cc1Cl. The Balaban J connectivity index is 2.25. The van der Waals surface area contributed by atoms with Gasteiger partial charge in [0.2, 0.25) is 0 Å². The van der Waals surface area contributed by atoms with E-state index in [9.17, 15) is 4.39 Å². The van der Waals surface area contributed by atoms with Crippen LogP contribution in [0.15, 0.2) is 36.4 Å². The molecule has 0 aliphatic rings. The summed E-state index contributed by atoms with van der Waals surface area (Å²) in [6.45, 7) is 0. The fourth-order valence-electron chi connectivity index (χ4n) is 1.86. The Morgan fingerprint density at radius 2 is 1.84 bits per heavy atom. The summed E-state index contributed by atoms with van der Waals surface area (Å²) in [4.78, 5) is 0. The molecule has 2 rings (SSSR count). The molecule has 2 N–H and O–H groups in total. The summed E-state index contributed by atoms with van der Waals surface area (Å²) < 4.78 is 13.3. The first-order valence-corrected chi connectivity index (χ1v) is 6.76. The molecule has 0 bridgehead atoms. The largest absolute Gasteiger partial charge is 0.324 e. The van der Waals surface area contributed by atoms with Gasteiger partial charge in [-0.05, 0) is 35.7 Å². The van der Waals surface area contributed by atoms with Gasteiger partial charge in [0, 0.05) is 16.1 Å².